The van der Waals surface area contributed by atoms with Gasteiger partial charge in [-0.25, -0.2) is 0 Å². The fraction of sp³-hybridized carbons (Fsp3) is 0.182. The first-order chi connectivity index (χ1) is 7.26. The Morgan fingerprint density at radius 3 is 2.93 bits per heavy atom. The zero-order valence-electron chi connectivity index (χ0n) is 8.20. The number of ether oxygens (including phenoxy) is 1. The van der Waals surface area contributed by atoms with Crippen LogP contribution in [0.5, 0.6) is 5.75 Å². The van der Waals surface area contributed by atoms with Gasteiger partial charge in [-0.1, -0.05) is 0 Å². The lowest BCUT2D eigenvalue weighted by atomic mass is 10.2. The molecule has 1 aromatic heterocycles. The molecule has 15 heavy (non-hydrogen) atoms. The van der Waals surface area contributed by atoms with Gasteiger partial charge in [0.1, 0.15) is 12.3 Å². The summed E-state index contributed by atoms with van der Waals surface area (Å²) >= 11 is 3.43. The molecule has 4 heteroatoms. The second-order valence-electron chi connectivity index (χ2n) is 3.14. The summed E-state index contributed by atoms with van der Waals surface area (Å²) in [7, 11) is 1.63. The zero-order chi connectivity index (χ0) is 10.8. The summed E-state index contributed by atoms with van der Waals surface area (Å²) in [4.78, 5) is 0. The standard InChI is InChI=1S/C11H9BrN2O/c1-15-9-3-2-8-6-11(12)14(5-4-13)10(8)7-9/h2-3,6-7H,5H2,1H3. The van der Waals surface area contributed by atoms with Gasteiger partial charge in [0.2, 0.25) is 0 Å². The van der Waals surface area contributed by atoms with Crippen LogP contribution < -0.4 is 4.74 Å². The largest absolute Gasteiger partial charge is 0.497 e. The van der Waals surface area contributed by atoms with Crippen molar-refractivity contribution in [3.8, 4) is 11.8 Å². The van der Waals surface area contributed by atoms with Crippen molar-refractivity contribution in [3.05, 3.63) is 28.9 Å². The van der Waals surface area contributed by atoms with Gasteiger partial charge in [0.25, 0.3) is 0 Å². The van der Waals surface area contributed by atoms with E-state index in [9.17, 15) is 0 Å². The fourth-order valence-corrected chi connectivity index (χ4v) is 2.12. The third kappa shape index (κ3) is 1.71. The Morgan fingerprint density at radius 1 is 1.47 bits per heavy atom. The number of rotatable bonds is 2. The molecule has 0 saturated heterocycles. The predicted octanol–water partition coefficient (Wildman–Crippen LogP) is 2.94. The average Bonchev–Trinajstić information content (AvgIpc) is 2.55. The van der Waals surface area contributed by atoms with E-state index in [0.29, 0.717) is 6.54 Å². The second-order valence-corrected chi connectivity index (χ2v) is 3.95. The molecule has 0 aliphatic carbocycles. The lowest BCUT2D eigenvalue weighted by molar-refractivity contribution is 0.415. The molecule has 0 amide bonds. The van der Waals surface area contributed by atoms with Crippen LogP contribution in [0.1, 0.15) is 0 Å². The number of methoxy groups -OCH3 is 1. The molecule has 0 radical (unpaired) electrons. The maximum absolute atomic E-state index is 8.73. The average molecular weight is 265 g/mol. The molecule has 0 aliphatic rings. The van der Waals surface area contributed by atoms with Crippen LogP contribution in [-0.2, 0) is 6.54 Å². The van der Waals surface area contributed by atoms with E-state index in [1.165, 1.54) is 0 Å². The molecule has 0 unspecified atom stereocenters. The first-order valence-corrected chi connectivity index (χ1v) is 5.25. The topological polar surface area (TPSA) is 38.0 Å². The van der Waals surface area contributed by atoms with Crippen LogP contribution in [0.25, 0.3) is 10.9 Å². The van der Waals surface area contributed by atoms with E-state index in [0.717, 1.165) is 21.3 Å². The monoisotopic (exact) mass is 264 g/mol. The molecule has 0 bridgehead atoms. The van der Waals surface area contributed by atoms with E-state index in [1.54, 1.807) is 7.11 Å². The number of halogens is 1. The van der Waals surface area contributed by atoms with Crippen molar-refractivity contribution < 1.29 is 4.74 Å². The van der Waals surface area contributed by atoms with Gasteiger partial charge >= 0.3 is 0 Å². The predicted molar refractivity (Wildman–Crippen MR) is 61.8 cm³/mol. The summed E-state index contributed by atoms with van der Waals surface area (Å²) in [6.45, 7) is 0.331. The highest BCUT2D eigenvalue weighted by Gasteiger charge is 2.06. The SMILES string of the molecule is COc1ccc2cc(Br)n(CC#N)c2c1. The van der Waals surface area contributed by atoms with Gasteiger partial charge in [-0.3, -0.25) is 0 Å². The Labute approximate surface area is 96.0 Å². The minimum atomic E-state index is 0.331. The molecule has 3 nitrogen and oxygen atoms in total. The van der Waals surface area contributed by atoms with Crippen LogP contribution in [0.15, 0.2) is 28.9 Å². The Bertz CT molecular complexity index is 539. The van der Waals surface area contributed by atoms with Crippen molar-refractivity contribution in [1.29, 1.82) is 5.26 Å². The number of hydrogen-bond donors (Lipinski definition) is 0. The van der Waals surface area contributed by atoms with Gasteiger partial charge in [0.15, 0.2) is 0 Å². The Kier molecular flexibility index (Phi) is 2.65. The molecule has 0 aliphatic heterocycles. The molecule has 0 fully saturated rings. The maximum atomic E-state index is 8.73. The summed E-state index contributed by atoms with van der Waals surface area (Å²) in [6, 6.07) is 9.94. The Balaban J connectivity index is 2.67. The van der Waals surface area contributed by atoms with E-state index >= 15 is 0 Å². The summed E-state index contributed by atoms with van der Waals surface area (Å²) in [5.41, 5.74) is 1.00. The minimum absolute atomic E-state index is 0.331. The summed E-state index contributed by atoms with van der Waals surface area (Å²) < 4.78 is 7.96. The van der Waals surface area contributed by atoms with E-state index in [-0.39, 0.29) is 0 Å². The number of aromatic nitrogens is 1. The van der Waals surface area contributed by atoms with Gasteiger partial charge in [-0.05, 0) is 34.1 Å². The molecular formula is C11H9BrN2O. The quantitative estimate of drug-likeness (QED) is 0.837. The van der Waals surface area contributed by atoms with Crippen molar-refractivity contribution in [1.82, 2.24) is 4.57 Å². The molecule has 1 aromatic carbocycles. The first-order valence-electron chi connectivity index (χ1n) is 4.46. The number of hydrogen-bond acceptors (Lipinski definition) is 2. The third-order valence-electron chi connectivity index (χ3n) is 2.29. The Hall–Kier alpha value is -1.47. The van der Waals surface area contributed by atoms with Crippen LogP contribution in [0.2, 0.25) is 0 Å². The molecule has 0 spiro atoms. The molecule has 2 aromatic rings. The summed E-state index contributed by atoms with van der Waals surface area (Å²) in [5.74, 6) is 0.798. The van der Waals surface area contributed by atoms with Crippen LogP contribution in [-0.4, -0.2) is 11.7 Å². The molecule has 2 rings (SSSR count). The van der Waals surface area contributed by atoms with E-state index in [2.05, 4.69) is 22.0 Å². The summed E-state index contributed by atoms with van der Waals surface area (Å²) in [6.07, 6.45) is 0. The normalized spacial score (nSPS) is 10.2. The van der Waals surface area contributed by atoms with Crippen LogP contribution >= 0.6 is 15.9 Å². The Morgan fingerprint density at radius 2 is 2.27 bits per heavy atom. The number of benzene rings is 1. The number of nitriles is 1. The van der Waals surface area contributed by atoms with Crippen molar-refractivity contribution >= 4 is 26.8 Å². The van der Waals surface area contributed by atoms with E-state index < -0.39 is 0 Å². The zero-order valence-corrected chi connectivity index (χ0v) is 9.78. The minimum Gasteiger partial charge on any atom is -0.497 e. The van der Waals surface area contributed by atoms with Crippen LogP contribution in [0.4, 0.5) is 0 Å². The molecule has 0 saturated carbocycles. The number of nitrogens with zero attached hydrogens (tertiary/aromatic N) is 2. The fourth-order valence-electron chi connectivity index (χ4n) is 1.56. The second kappa shape index (κ2) is 3.95. The molecular weight excluding hydrogens is 256 g/mol. The number of fused-ring (bicyclic) bond motifs is 1. The first kappa shape index (κ1) is 10.1. The molecule has 0 atom stereocenters. The highest BCUT2D eigenvalue weighted by Crippen LogP contribution is 2.27. The van der Waals surface area contributed by atoms with Crippen LogP contribution in [0.3, 0.4) is 0 Å². The highest BCUT2D eigenvalue weighted by atomic mass is 79.9. The van der Waals surface area contributed by atoms with Crippen molar-refractivity contribution in [2.75, 3.05) is 7.11 Å². The molecule has 76 valence electrons. The molecule has 0 N–H and O–H groups in total. The van der Waals surface area contributed by atoms with Crippen LogP contribution in [0, 0.1) is 11.3 Å². The van der Waals surface area contributed by atoms with E-state index in [4.69, 9.17) is 10.00 Å². The third-order valence-corrected chi connectivity index (χ3v) is 2.95. The van der Waals surface area contributed by atoms with Gasteiger partial charge in [0, 0.05) is 11.5 Å². The van der Waals surface area contributed by atoms with Gasteiger partial charge in [-0.15, -0.1) is 0 Å². The van der Waals surface area contributed by atoms with Crippen molar-refractivity contribution in [2.24, 2.45) is 0 Å². The van der Waals surface area contributed by atoms with Crippen molar-refractivity contribution in [3.63, 3.8) is 0 Å². The smallest absolute Gasteiger partial charge is 0.120 e. The van der Waals surface area contributed by atoms with Gasteiger partial charge < -0.3 is 9.30 Å². The molecule has 1 heterocycles. The van der Waals surface area contributed by atoms with Gasteiger partial charge in [-0.2, -0.15) is 5.26 Å². The van der Waals surface area contributed by atoms with Gasteiger partial charge in [0.05, 0.1) is 23.3 Å². The summed E-state index contributed by atoms with van der Waals surface area (Å²) in [5, 5.41) is 9.82. The lowest BCUT2D eigenvalue weighted by Gasteiger charge is -2.03. The van der Waals surface area contributed by atoms with Crippen molar-refractivity contribution in [2.45, 2.75) is 6.54 Å². The highest BCUT2D eigenvalue weighted by molar-refractivity contribution is 9.10. The van der Waals surface area contributed by atoms with E-state index in [1.807, 2.05) is 28.8 Å². The lowest BCUT2D eigenvalue weighted by Crippen LogP contribution is -1.95. The maximum Gasteiger partial charge on any atom is 0.120 e.